The lowest BCUT2D eigenvalue weighted by Gasteiger charge is -2.30. The van der Waals surface area contributed by atoms with Crippen LogP contribution in [0.25, 0.3) is 0 Å². The zero-order valence-electron chi connectivity index (χ0n) is 11.3. The van der Waals surface area contributed by atoms with E-state index in [-0.39, 0.29) is 11.9 Å². The third-order valence-corrected chi connectivity index (χ3v) is 3.74. The molecule has 0 radical (unpaired) electrons. The quantitative estimate of drug-likeness (QED) is 0.863. The van der Waals surface area contributed by atoms with Crippen LogP contribution < -0.4 is 5.32 Å². The summed E-state index contributed by atoms with van der Waals surface area (Å²) in [5.41, 5.74) is 0.928. The van der Waals surface area contributed by atoms with Crippen molar-refractivity contribution in [2.75, 3.05) is 19.6 Å². The lowest BCUT2D eigenvalue weighted by atomic mass is 10.0. The summed E-state index contributed by atoms with van der Waals surface area (Å²) in [6.07, 6.45) is 2.17. The first-order chi connectivity index (χ1) is 9.67. The first-order valence-electron chi connectivity index (χ1n) is 6.80. The average molecular weight is 292 g/mol. The zero-order chi connectivity index (χ0) is 14.4. The van der Waals surface area contributed by atoms with Gasteiger partial charge in [-0.05, 0) is 30.5 Å². The van der Waals surface area contributed by atoms with E-state index < -0.39 is 0 Å². The highest BCUT2D eigenvalue weighted by Gasteiger charge is 2.20. The van der Waals surface area contributed by atoms with Crippen molar-refractivity contribution in [3.05, 3.63) is 34.9 Å². The van der Waals surface area contributed by atoms with Crippen molar-refractivity contribution in [1.82, 2.24) is 10.2 Å². The van der Waals surface area contributed by atoms with Gasteiger partial charge >= 0.3 is 0 Å². The fourth-order valence-electron chi connectivity index (χ4n) is 2.45. The minimum atomic E-state index is 0.0333. The van der Waals surface area contributed by atoms with Crippen LogP contribution in [0.3, 0.4) is 0 Å². The molecule has 1 heterocycles. The first-order valence-corrected chi connectivity index (χ1v) is 7.18. The predicted molar refractivity (Wildman–Crippen MR) is 78.4 cm³/mol. The summed E-state index contributed by atoms with van der Waals surface area (Å²) in [6, 6.07) is 9.75. The summed E-state index contributed by atoms with van der Waals surface area (Å²) in [7, 11) is 0. The molecular formula is C15H18ClN3O. The molecular weight excluding hydrogens is 274 g/mol. The number of nitriles is 1. The Morgan fingerprint density at radius 2 is 2.20 bits per heavy atom. The van der Waals surface area contributed by atoms with E-state index in [0.29, 0.717) is 18.0 Å². The molecule has 1 aromatic rings. The van der Waals surface area contributed by atoms with E-state index >= 15 is 0 Å². The molecule has 1 fully saturated rings. The second-order valence-corrected chi connectivity index (χ2v) is 5.52. The molecule has 5 heteroatoms. The van der Waals surface area contributed by atoms with Gasteiger partial charge in [-0.1, -0.05) is 23.7 Å². The number of nitrogens with zero attached hydrogens (tertiary/aromatic N) is 2. The minimum Gasteiger partial charge on any atom is -0.353 e. The molecule has 1 aliphatic rings. The molecule has 0 aliphatic carbocycles. The molecule has 4 nitrogen and oxygen atoms in total. The van der Waals surface area contributed by atoms with Crippen molar-refractivity contribution in [1.29, 1.82) is 5.26 Å². The second kappa shape index (κ2) is 7.28. The Labute approximate surface area is 124 Å². The molecule has 1 amide bonds. The molecule has 0 spiro atoms. The normalized spacial score (nSPS) is 16.6. The molecule has 0 aromatic heterocycles. The molecule has 2 rings (SSSR count). The van der Waals surface area contributed by atoms with E-state index in [4.69, 9.17) is 16.9 Å². The molecule has 1 saturated heterocycles. The number of piperidine rings is 1. The SMILES string of the molecule is N#CCN1CCC(NC(=O)Cc2cccc(Cl)c2)CC1. The molecule has 0 unspecified atom stereocenters. The Morgan fingerprint density at radius 3 is 2.85 bits per heavy atom. The standard InChI is InChI=1S/C15H18ClN3O/c16-13-3-1-2-12(10-13)11-15(20)18-14-4-7-19(8-5-14)9-6-17/h1-3,10,14H,4-5,7-9,11H2,(H,18,20). The van der Waals surface area contributed by atoms with Gasteiger partial charge in [0.1, 0.15) is 0 Å². The minimum absolute atomic E-state index is 0.0333. The third kappa shape index (κ3) is 4.52. The Morgan fingerprint density at radius 1 is 1.45 bits per heavy atom. The van der Waals surface area contributed by atoms with Crippen LogP contribution in [-0.2, 0) is 11.2 Å². The van der Waals surface area contributed by atoms with Crippen molar-refractivity contribution < 1.29 is 4.79 Å². The summed E-state index contributed by atoms with van der Waals surface area (Å²) < 4.78 is 0. The maximum atomic E-state index is 12.0. The van der Waals surface area contributed by atoms with E-state index in [9.17, 15) is 4.79 Å². The van der Waals surface area contributed by atoms with Crippen molar-refractivity contribution in [3.63, 3.8) is 0 Å². The summed E-state index contributed by atoms with van der Waals surface area (Å²) in [5.74, 6) is 0.0333. The lowest BCUT2D eigenvalue weighted by Crippen LogP contribution is -2.45. The molecule has 0 bridgehead atoms. The fourth-order valence-corrected chi connectivity index (χ4v) is 2.66. The number of likely N-dealkylation sites (tertiary alicyclic amines) is 1. The van der Waals surface area contributed by atoms with Gasteiger partial charge in [0, 0.05) is 24.2 Å². The molecule has 1 aliphatic heterocycles. The van der Waals surface area contributed by atoms with Crippen LogP contribution in [-0.4, -0.2) is 36.5 Å². The van der Waals surface area contributed by atoms with Crippen molar-refractivity contribution >= 4 is 17.5 Å². The molecule has 1 aromatic carbocycles. The number of hydrogen-bond acceptors (Lipinski definition) is 3. The largest absolute Gasteiger partial charge is 0.353 e. The summed E-state index contributed by atoms with van der Waals surface area (Å²) in [6.45, 7) is 2.22. The molecule has 106 valence electrons. The number of nitrogens with one attached hydrogen (secondary N) is 1. The van der Waals surface area contributed by atoms with E-state index in [1.54, 1.807) is 6.07 Å². The highest BCUT2D eigenvalue weighted by molar-refractivity contribution is 6.30. The van der Waals surface area contributed by atoms with E-state index in [1.165, 1.54) is 0 Å². The van der Waals surface area contributed by atoms with Gasteiger partial charge in [-0.3, -0.25) is 9.69 Å². The Bertz CT molecular complexity index is 504. The molecule has 20 heavy (non-hydrogen) atoms. The number of amides is 1. The van der Waals surface area contributed by atoms with Gasteiger partial charge in [0.2, 0.25) is 5.91 Å². The van der Waals surface area contributed by atoms with Crippen molar-refractivity contribution in [2.45, 2.75) is 25.3 Å². The van der Waals surface area contributed by atoms with E-state index in [2.05, 4.69) is 16.3 Å². The number of carbonyl (C=O) groups excluding carboxylic acids is 1. The lowest BCUT2D eigenvalue weighted by molar-refractivity contribution is -0.121. The molecule has 1 N–H and O–H groups in total. The summed E-state index contributed by atoms with van der Waals surface area (Å²) >= 11 is 5.90. The van der Waals surface area contributed by atoms with Gasteiger partial charge in [-0.2, -0.15) is 5.26 Å². The highest BCUT2D eigenvalue weighted by Crippen LogP contribution is 2.12. The van der Waals surface area contributed by atoms with E-state index in [0.717, 1.165) is 31.5 Å². The Balaban J connectivity index is 1.77. The average Bonchev–Trinajstić information content (AvgIpc) is 2.41. The smallest absolute Gasteiger partial charge is 0.224 e. The van der Waals surface area contributed by atoms with Crippen LogP contribution in [0.15, 0.2) is 24.3 Å². The van der Waals surface area contributed by atoms with E-state index in [1.807, 2.05) is 18.2 Å². The van der Waals surface area contributed by atoms with Gasteiger partial charge in [-0.25, -0.2) is 0 Å². The summed E-state index contributed by atoms with van der Waals surface area (Å²) in [5, 5.41) is 12.4. The monoisotopic (exact) mass is 291 g/mol. The zero-order valence-corrected chi connectivity index (χ0v) is 12.1. The second-order valence-electron chi connectivity index (χ2n) is 5.08. The Kier molecular flexibility index (Phi) is 5.40. The van der Waals surface area contributed by atoms with Crippen LogP contribution in [0, 0.1) is 11.3 Å². The van der Waals surface area contributed by atoms with Crippen LogP contribution in [0.2, 0.25) is 5.02 Å². The first kappa shape index (κ1) is 14.8. The van der Waals surface area contributed by atoms with Gasteiger partial charge in [0.05, 0.1) is 19.0 Å². The van der Waals surface area contributed by atoms with Gasteiger partial charge < -0.3 is 5.32 Å². The van der Waals surface area contributed by atoms with Gasteiger partial charge in [-0.15, -0.1) is 0 Å². The fraction of sp³-hybridized carbons (Fsp3) is 0.467. The van der Waals surface area contributed by atoms with Crippen LogP contribution in [0.1, 0.15) is 18.4 Å². The molecule has 0 atom stereocenters. The summed E-state index contributed by atoms with van der Waals surface area (Å²) in [4.78, 5) is 14.1. The van der Waals surface area contributed by atoms with Crippen molar-refractivity contribution in [2.24, 2.45) is 0 Å². The van der Waals surface area contributed by atoms with Gasteiger partial charge in [0.25, 0.3) is 0 Å². The maximum Gasteiger partial charge on any atom is 0.224 e. The molecule has 0 saturated carbocycles. The van der Waals surface area contributed by atoms with Crippen LogP contribution in [0.5, 0.6) is 0 Å². The number of benzene rings is 1. The number of halogens is 1. The number of hydrogen-bond donors (Lipinski definition) is 1. The maximum absolute atomic E-state index is 12.0. The topological polar surface area (TPSA) is 56.1 Å². The van der Waals surface area contributed by atoms with Crippen LogP contribution >= 0.6 is 11.6 Å². The van der Waals surface area contributed by atoms with Crippen LogP contribution in [0.4, 0.5) is 0 Å². The number of rotatable bonds is 4. The predicted octanol–water partition coefficient (Wildman–Crippen LogP) is 1.99. The highest BCUT2D eigenvalue weighted by atomic mass is 35.5. The van der Waals surface area contributed by atoms with Gasteiger partial charge in [0.15, 0.2) is 0 Å². The van der Waals surface area contributed by atoms with Crippen molar-refractivity contribution in [3.8, 4) is 6.07 Å². The third-order valence-electron chi connectivity index (χ3n) is 3.50. The number of carbonyl (C=O) groups is 1. The Hall–Kier alpha value is -1.57.